The third kappa shape index (κ3) is 3.05. The van der Waals surface area contributed by atoms with E-state index in [0.717, 1.165) is 28.5 Å². The topological polar surface area (TPSA) is 46.2 Å². The lowest BCUT2D eigenvalue weighted by Gasteiger charge is -2.04. The van der Waals surface area contributed by atoms with Crippen molar-refractivity contribution in [1.29, 1.82) is 0 Å². The standard InChI is InChI=1S/C16H9ClFNO2S/c17-12-8-11(5-6-13(12)18)10-3-1-9(2-4-10)7-14-15(20)19-16(21)22-14/h1-8H,(H,19,20,21)/b14-7-. The molecule has 0 bridgehead atoms. The van der Waals surface area contributed by atoms with Crippen LogP contribution in [-0.4, -0.2) is 11.1 Å². The normalized spacial score (nSPS) is 16.2. The molecule has 22 heavy (non-hydrogen) atoms. The van der Waals surface area contributed by atoms with Gasteiger partial charge in [0.1, 0.15) is 5.82 Å². The Labute approximate surface area is 135 Å². The summed E-state index contributed by atoms with van der Waals surface area (Å²) in [7, 11) is 0. The second kappa shape index (κ2) is 5.94. The van der Waals surface area contributed by atoms with Crippen molar-refractivity contribution in [3.8, 4) is 11.1 Å². The molecule has 0 saturated carbocycles. The quantitative estimate of drug-likeness (QED) is 0.825. The van der Waals surface area contributed by atoms with Gasteiger partial charge in [0.2, 0.25) is 0 Å². The summed E-state index contributed by atoms with van der Waals surface area (Å²) in [5, 5.41) is 1.91. The van der Waals surface area contributed by atoms with Gasteiger partial charge in [0.05, 0.1) is 9.93 Å². The molecule has 0 atom stereocenters. The predicted molar refractivity (Wildman–Crippen MR) is 86.0 cm³/mol. The maximum absolute atomic E-state index is 13.2. The Morgan fingerprint density at radius 3 is 2.32 bits per heavy atom. The lowest BCUT2D eigenvalue weighted by molar-refractivity contribution is -0.115. The largest absolute Gasteiger partial charge is 0.290 e. The van der Waals surface area contributed by atoms with E-state index < -0.39 is 5.82 Å². The summed E-state index contributed by atoms with van der Waals surface area (Å²) in [5.41, 5.74) is 2.47. The molecule has 1 aliphatic heterocycles. The molecule has 1 N–H and O–H groups in total. The molecule has 110 valence electrons. The maximum Gasteiger partial charge on any atom is 0.290 e. The number of hydrogen-bond acceptors (Lipinski definition) is 3. The molecule has 0 aromatic heterocycles. The first-order valence-corrected chi connectivity index (χ1v) is 7.53. The van der Waals surface area contributed by atoms with E-state index in [4.69, 9.17) is 11.6 Å². The van der Waals surface area contributed by atoms with E-state index >= 15 is 0 Å². The van der Waals surface area contributed by atoms with Crippen LogP contribution in [0.15, 0.2) is 47.4 Å². The van der Waals surface area contributed by atoms with Crippen LogP contribution >= 0.6 is 23.4 Å². The number of hydrogen-bond donors (Lipinski definition) is 1. The van der Waals surface area contributed by atoms with Crippen LogP contribution in [0.5, 0.6) is 0 Å². The number of amides is 2. The average Bonchev–Trinajstić information content (AvgIpc) is 2.81. The van der Waals surface area contributed by atoms with Gasteiger partial charge >= 0.3 is 0 Å². The SMILES string of the molecule is O=C1NC(=O)/C(=C/c2ccc(-c3ccc(F)c(Cl)c3)cc2)S1. The minimum Gasteiger partial charge on any atom is -0.282 e. The molecule has 2 aromatic rings. The summed E-state index contributed by atoms with van der Waals surface area (Å²) in [4.78, 5) is 22.9. The summed E-state index contributed by atoms with van der Waals surface area (Å²) in [5.74, 6) is -0.842. The summed E-state index contributed by atoms with van der Waals surface area (Å²) in [6, 6.07) is 11.8. The Kier molecular flexibility index (Phi) is 4.00. The minimum atomic E-state index is -0.458. The fraction of sp³-hybridized carbons (Fsp3) is 0. The second-order valence-corrected chi connectivity index (χ2v) is 6.03. The van der Waals surface area contributed by atoms with E-state index in [9.17, 15) is 14.0 Å². The van der Waals surface area contributed by atoms with Crippen molar-refractivity contribution in [2.75, 3.05) is 0 Å². The zero-order chi connectivity index (χ0) is 15.7. The highest BCUT2D eigenvalue weighted by Gasteiger charge is 2.24. The Balaban J connectivity index is 1.87. The highest BCUT2D eigenvalue weighted by Crippen LogP contribution is 2.28. The maximum atomic E-state index is 13.2. The van der Waals surface area contributed by atoms with Gasteiger partial charge in [0.15, 0.2) is 0 Å². The van der Waals surface area contributed by atoms with Crippen molar-refractivity contribution < 1.29 is 14.0 Å². The molecular weight excluding hydrogens is 325 g/mol. The van der Waals surface area contributed by atoms with Crippen molar-refractivity contribution in [2.45, 2.75) is 0 Å². The van der Waals surface area contributed by atoms with Gasteiger partial charge in [-0.15, -0.1) is 0 Å². The van der Waals surface area contributed by atoms with Gasteiger partial charge in [-0.05, 0) is 46.7 Å². The molecule has 0 radical (unpaired) electrons. The zero-order valence-corrected chi connectivity index (χ0v) is 12.7. The van der Waals surface area contributed by atoms with E-state index in [0.29, 0.717) is 4.91 Å². The first kappa shape index (κ1) is 14.8. The van der Waals surface area contributed by atoms with Crippen LogP contribution in [0.4, 0.5) is 9.18 Å². The molecule has 1 fully saturated rings. The molecule has 1 heterocycles. The average molecular weight is 334 g/mol. The van der Waals surface area contributed by atoms with Gasteiger partial charge in [0.25, 0.3) is 11.1 Å². The fourth-order valence-corrected chi connectivity index (χ4v) is 2.88. The van der Waals surface area contributed by atoms with Gasteiger partial charge < -0.3 is 0 Å². The number of rotatable bonds is 2. The smallest absolute Gasteiger partial charge is 0.282 e. The van der Waals surface area contributed by atoms with E-state index in [1.807, 2.05) is 24.3 Å². The second-order valence-electron chi connectivity index (χ2n) is 4.60. The monoisotopic (exact) mass is 333 g/mol. The summed E-state index contributed by atoms with van der Waals surface area (Å²) < 4.78 is 13.2. The van der Waals surface area contributed by atoms with E-state index in [-0.39, 0.29) is 16.2 Å². The number of benzene rings is 2. The Morgan fingerprint density at radius 2 is 1.73 bits per heavy atom. The van der Waals surface area contributed by atoms with Gasteiger partial charge in [0, 0.05) is 0 Å². The first-order chi connectivity index (χ1) is 10.5. The van der Waals surface area contributed by atoms with E-state index in [1.54, 1.807) is 18.2 Å². The highest BCUT2D eigenvalue weighted by molar-refractivity contribution is 8.18. The van der Waals surface area contributed by atoms with Crippen LogP contribution in [0.2, 0.25) is 5.02 Å². The molecule has 3 nitrogen and oxygen atoms in total. The van der Waals surface area contributed by atoms with Crippen molar-refractivity contribution in [3.63, 3.8) is 0 Å². The van der Waals surface area contributed by atoms with Crippen molar-refractivity contribution in [2.24, 2.45) is 0 Å². The fourth-order valence-electron chi connectivity index (χ4n) is 2.02. The molecule has 0 unspecified atom stereocenters. The minimum absolute atomic E-state index is 0.0706. The molecule has 6 heteroatoms. The molecule has 1 saturated heterocycles. The van der Waals surface area contributed by atoms with E-state index in [1.165, 1.54) is 6.07 Å². The van der Waals surface area contributed by atoms with Crippen LogP contribution < -0.4 is 5.32 Å². The number of thioether (sulfide) groups is 1. The summed E-state index contributed by atoms with van der Waals surface area (Å²) in [6.45, 7) is 0. The third-order valence-corrected chi connectivity index (χ3v) is 4.20. The lowest BCUT2D eigenvalue weighted by Crippen LogP contribution is -2.17. The Morgan fingerprint density at radius 1 is 1.05 bits per heavy atom. The highest BCUT2D eigenvalue weighted by atomic mass is 35.5. The third-order valence-electron chi connectivity index (χ3n) is 3.10. The molecule has 1 aliphatic rings. The number of nitrogens with one attached hydrogen (secondary N) is 1. The van der Waals surface area contributed by atoms with Crippen LogP contribution in [0.25, 0.3) is 17.2 Å². The Hall–Kier alpha value is -2.11. The predicted octanol–water partition coefficient (Wildman–Crippen LogP) is 4.47. The number of carbonyl (C=O) groups excluding carboxylic acids is 2. The van der Waals surface area contributed by atoms with Crippen LogP contribution in [-0.2, 0) is 4.79 Å². The van der Waals surface area contributed by atoms with Crippen molar-refractivity contribution in [3.05, 3.63) is 63.8 Å². The lowest BCUT2D eigenvalue weighted by atomic mass is 10.0. The molecule has 0 aliphatic carbocycles. The van der Waals surface area contributed by atoms with Crippen LogP contribution in [0.1, 0.15) is 5.56 Å². The van der Waals surface area contributed by atoms with Gasteiger partial charge in [-0.25, -0.2) is 4.39 Å². The van der Waals surface area contributed by atoms with Crippen molar-refractivity contribution >= 4 is 40.6 Å². The summed E-state index contributed by atoms with van der Waals surface area (Å²) >= 11 is 6.65. The molecular formula is C16H9ClFNO2S. The van der Waals surface area contributed by atoms with Crippen LogP contribution in [0.3, 0.4) is 0 Å². The molecule has 2 amide bonds. The van der Waals surface area contributed by atoms with Crippen molar-refractivity contribution in [1.82, 2.24) is 5.32 Å². The molecule has 2 aromatic carbocycles. The van der Waals surface area contributed by atoms with Gasteiger partial charge in [-0.2, -0.15) is 0 Å². The van der Waals surface area contributed by atoms with Gasteiger partial charge in [-0.1, -0.05) is 41.9 Å². The number of halogens is 2. The Bertz CT molecular complexity index is 802. The number of imide groups is 1. The first-order valence-electron chi connectivity index (χ1n) is 6.33. The zero-order valence-electron chi connectivity index (χ0n) is 11.1. The molecule has 0 spiro atoms. The molecule has 3 rings (SSSR count). The number of carbonyl (C=O) groups is 2. The summed E-state index contributed by atoms with van der Waals surface area (Å²) in [6.07, 6.45) is 1.65. The van der Waals surface area contributed by atoms with Crippen LogP contribution in [0, 0.1) is 5.82 Å². The van der Waals surface area contributed by atoms with E-state index in [2.05, 4.69) is 5.32 Å². The van der Waals surface area contributed by atoms with Gasteiger partial charge in [-0.3, -0.25) is 14.9 Å².